The van der Waals surface area contributed by atoms with Crippen LogP contribution < -0.4 is 9.47 Å². The predicted octanol–water partition coefficient (Wildman–Crippen LogP) is 4.53. The summed E-state index contributed by atoms with van der Waals surface area (Å²) in [6.45, 7) is 4.15. The summed E-state index contributed by atoms with van der Waals surface area (Å²) >= 11 is 0. The fourth-order valence-electron chi connectivity index (χ4n) is 3.10. The highest BCUT2D eigenvalue weighted by molar-refractivity contribution is 5.91. The molecule has 0 aliphatic rings. The Kier molecular flexibility index (Phi) is 7.29. The van der Waals surface area contributed by atoms with Gasteiger partial charge in [0.1, 0.15) is 22.5 Å². The number of aromatic nitrogens is 3. The number of carbonyl (C=O) groups is 2. The van der Waals surface area contributed by atoms with E-state index in [2.05, 4.69) is 16.8 Å². The number of hydrogen-bond donors (Lipinski definition) is 0. The van der Waals surface area contributed by atoms with Gasteiger partial charge in [-0.1, -0.05) is 18.7 Å². The van der Waals surface area contributed by atoms with Crippen LogP contribution >= 0.6 is 0 Å². The Hall–Kier alpha value is -4.46. The Balaban J connectivity index is 1.26. The van der Waals surface area contributed by atoms with Crippen LogP contribution in [-0.4, -0.2) is 40.1 Å². The third kappa shape index (κ3) is 5.86. The Morgan fingerprint density at radius 2 is 1.44 bits per heavy atom. The zero-order chi connectivity index (χ0) is 23.8. The number of fused-ring (bicyclic) bond motifs is 1. The highest BCUT2D eigenvalue weighted by Crippen LogP contribution is 2.19. The molecule has 0 saturated heterocycles. The molecular weight excluding hydrogens is 434 g/mol. The van der Waals surface area contributed by atoms with Crippen molar-refractivity contribution in [3.05, 3.63) is 91.0 Å². The molecule has 3 aromatic carbocycles. The molecule has 0 atom stereocenters. The van der Waals surface area contributed by atoms with Crippen LogP contribution in [0.2, 0.25) is 0 Å². The van der Waals surface area contributed by atoms with Crippen molar-refractivity contribution in [2.24, 2.45) is 0 Å². The fourth-order valence-corrected chi connectivity index (χ4v) is 3.10. The van der Waals surface area contributed by atoms with Gasteiger partial charge < -0.3 is 14.2 Å². The van der Waals surface area contributed by atoms with Gasteiger partial charge >= 0.3 is 11.9 Å². The molecule has 34 heavy (non-hydrogen) atoms. The average Bonchev–Trinajstić information content (AvgIpc) is 3.31. The van der Waals surface area contributed by atoms with Crippen LogP contribution in [0, 0.1) is 0 Å². The molecule has 0 saturated carbocycles. The first-order chi connectivity index (χ1) is 16.6. The van der Waals surface area contributed by atoms with Crippen molar-refractivity contribution >= 4 is 23.0 Å². The van der Waals surface area contributed by atoms with E-state index in [4.69, 9.17) is 14.2 Å². The van der Waals surface area contributed by atoms with Gasteiger partial charge in [0, 0.05) is 6.08 Å². The molecule has 0 amide bonds. The van der Waals surface area contributed by atoms with Crippen LogP contribution in [0.1, 0.15) is 23.2 Å². The first kappa shape index (κ1) is 22.7. The second-order valence-corrected chi connectivity index (χ2v) is 7.31. The number of carbonyl (C=O) groups excluding carboxylic acids is 2. The maximum Gasteiger partial charge on any atom is 0.343 e. The third-order valence-electron chi connectivity index (χ3n) is 4.87. The van der Waals surface area contributed by atoms with Crippen LogP contribution in [0.15, 0.2) is 85.5 Å². The van der Waals surface area contributed by atoms with E-state index in [-0.39, 0.29) is 0 Å². The molecule has 0 radical (unpaired) electrons. The number of unbranched alkanes of at least 4 members (excludes halogenated alkanes) is 1. The summed E-state index contributed by atoms with van der Waals surface area (Å²) < 4.78 is 16.0. The van der Waals surface area contributed by atoms with E-state index >= 15 is 0 Å². The lowest BCUT2D eigenvalue weighted by atomic mass is 10.2. The molecule has 0 aliphatic heterocycles. The first-order valence-electron chi connectivity index (χ1n) is 10.8. The van der Waals surface area contributed by atoms with E-state index in [9.17, 15) is 9.59 Å². The van der Waals surface area contributed by atoms with Crippen molar-refractivity contribution in [2.45, 2.75) is 12.8 Å². The molecule has 0 bridgehead atoms. The van der Waals surface area contributed by atoms with Crippen molar-refractivity contribution in [3.8, 4) is 17.2 Å². The Morgan fingerprint density at radius 3 is 2.09 bits per heavy atom. The Bertz CT molecular complexity index is 1250. The largest absolute Gasteiger partial charge is 0.494 e. The highest BCUT2D eigenvalue weighted by Gasteiger charge is 2.10. The summed E-state index contributed by atoms with van der Waals surface area (Å²) in [5.74, 6) is 0.167. The van der Waals surface area contributed by atoms with Crippen LogP contribution in [0.4, 0.5) is 0 Å². The topological polar surface area (TPSA) is 92.5 Å². The third-order valence-corrected chi connectivity index (χ3v) is 4.87. The standard InChI is InChI=1S/C26H23N3O5/c1-2-25(30)33-18-6-5-17-32-21-13-9-19(10-14-21)26(31)34-22-15-11-20(12-16-22)29-27-23-7-3-4-8-24(23)28-29/h2-4,7-16H,1,5-6,17-18H2. The molecule has 8 heteroatoms. The van der Waals surface area contributed by atoms with E-state index in [0.29, 0.717) is 36.7 Å². The molecule has 8 nitrogen and oxygen atoms in total. The lowest BCUT2D eigenvalue weighted by molar-refractivity contribution is -0.137. The van der Waals surface area contributed by atoms with Crippen molar-refractivity contribution in [3.63, 3.8) is 0 Å². The fraction of sp³-hybridized carbons (Fsp3) is 0.154. The van der Waals surface area contributed by atoms with Crippen LogP contribution in [0.5, 0.6) is 11.5 Å². The number of esters is 2. The lowest BCUT2D eigenvalue weighted by Crippen LogP contribution is -2.09. The normalized spacial score (nSPS) is 10.6. The minimum atomic E-state index is -0.466. The summed E-state index contributed by atoms with van der Waals surface area (Å²) in [5, 5.41) is 8.88. The second-order valence-electron chi connectivity index (χ2n) is 7.31. The minimum Gasteiger partial charge on any atom is -0.494 e. The van der Waals surface area contributed by atoms with Gasteiger partial charge in [0.25, 0.3) is 0 Å². The molecule has 0 N–H and O–H groups in total. The van der Waals surface area contributed by atoms with Gasteiger partial charge in [0.2, 0.25) is 0 Å². The van der Waals surface area contributed by atoms with Crippen molar-refractivity contribution < 1.29 is 23.8 Å². The monoisotopic (exact) mass is 457 g/mol. The summed E-state index contributed by atoms with van der Waals surface area (Å²) in [6.07, 6.45) is 2.56. The number of rotatable bonds is 10. The summed E-state index contributed by atoms with van der Waals surface area (Å²) in [5.41, 5.74) is 2.78. The molecule has 1 heterocycles. The van der Waals surface area contributed by atoms with Crippen molar-refractivity contribution in [2.75, 3.05) is 13.2 Å². The quantitative estimate of drug-likeness (QED) is 0.150. The Morgan fingerprint density at radius 1 is 0.824 bits per heavy atom. The van der Waals surface area contributed by atoms with E-state index in [1.165, 1.54) is 0 Å². The SMILES string of the molecule is C=CC(=O)OCCCCOc1ccc(C(=O)Oc2ccc(-n3nc4ccccc4n3)cc2)cc1. The van der Waals surface area contributed by atoms with E-state index in [1.54, 1.807) is 53.3 Å². The zero-order valence-corrected chi connectivity index (χ0v) is 18.4. The maximum absolute atomic E-state index is 12.5. The summed E-state index contributed by atoms with van der Waals surface area (Å²) in [4.78, 5) is 25.0. The van der Waals surface area contributed by atoms with E-state index < -0.39 is 11.9 Å². The van der Waals surface area contributed by atoms with Crippen molar-refractivity contribution in [1.29, 1.82) is 0 Å². The van der Waals surface area contributed by atoms with E-state index in [0.717, 1.165) is 29.2 Å². The molecular formula is C26H23N3O5. The van der Waals surface area contributed by atoms with Gasteiger partial charge in [-0.2, -0.15) is 4.80 Å². The number of nitrogens with zero attached hydrogens (tertiary/aromatic N) is 3. The summed E-state index contributed by atoms with van der Waals surface area (Å²) in [7, 11) is 0. The molecule has 4 aromatic rings. The minimum absolute atomic E-state index is 0.329. The van der Waals surface area contributed by atoms with Gasteiger partial charge in [0.05, 0.1) is 24.5 Å². The van der Waals surface area contributed by atoms with Gasteiger partial charge in [-0.05, 0) is 73.5 Å². The zero-order valence-electron chi connectivity index (χ0n) is 18.4. The van der Waals surface area contributed by atoms with Gasteiger partial charge in [-0.3, -0.25) is 0 Å². The number of hydrogen-bond acceptors (Lipinski definition) is 7. The number of benzene rings is 3. The van der Waals surface area contributed by atoms with Crippen LogP contribution in [-0.2, 0) is 9.53 Å². The first-order valence-corrected chi connectivity index (χ1v) is 10.8. The molecule has 4 rings (SSSR count). The average molecular weight is 457 g/mol. The molecule has 0 aliphatic carbocycles. The van der Waals surface area contributed by atoms with Crippen molar-refractivity contribution in [1.82, 2.24) is 15.0 Å². The Labute approximate surface area is 196 Å². The molecule has 0 fully saturated rings. The lowest BCUT2D eigenvalue weighted by Gasteiger charge is -2.08. The molecule has 1 aromatic heterocycles. The molecule has 0 unspecified atom stereocenters. The summed E-state index contributed by atoms with van der Waals surface area (Å²) in [6, 6.07) is 21.3. The smallest absolute Gasteiger partial charge is 0.343 e. The molecule has 0 spiro atoms. The van der Waals surface area contributed by atoms with Gasteiger partial charge in [0.15, 0.2) is 0 Å². The van der Waals surface area contributed by atoms with Crippen LogP contribution in [0.3, 0.4) is 0 Å². The second kappa shape index (κ2) is 10.9. The highest BCUT2D eigenvalue weighted by atomic mass is 16.5. The van der Waals surface area contributed by atoms with Crippen LogP contribution in [0.25, 0.3) is 16.7 Å². The van der Waals surface area contributed by atoms with E-state index in [1.807, 2.05) is 24.3 Å². The molecule has 172 valence electrons. The van der Waals surface area contributed by atoms with Gasteiger partial charge in [-0.15, -0.1) is 10.2 Å². The van der Waals surface area contributed by atoms with Gasteiger partial charge in [-0.25, -0.2) is 9.59 Å². The predicted molar refractivity (Wildman–Crippen MR) is 126 cm³/mol. The maximum atomic E-state index is 12.5. The number of ether oxygens (including phenoxy) is 3.